The molecule has 3 unspecified atom stereocenters. The Morgan fingerprint density at radius 3 is 2.54 bits per heavy atom. The lowest BCUT2D eigenvalue weighted by Crippen LogP contribution is -2.51. The first-order chi connectivity index (χ1) is 11.3. The zero-order chi connectivity index (χ0) is 17.3. The molecule has 0 bridgehead atoms. The Bertz CT molecular complexity index is 538. The van der Waals surface area contributed by atoms with Gasteiger partial charge in [-0.3, -0.25) is 0 Å². The van der Waals surface area contributed by atoms with Gasteiger partial charge in [0.15, 0.2) is 0 Å². The lowest BCUT2D eigenvalue weighted by molar-refractivity contribution is -0.0767. The van der Waals surface area contributed by atoms with Crippen LogP contribution in [0.1, 0.15) is 72.6 Å². The van der Waals surface area contributed by atoms with Gasteiger partial charge in [0.05, 0.1) is 12.2 Å². The summed E-state index contributed by atoms with van der Waals surface area (Å²) in [7, 11) is 0. The molecular formula is C22H36O2. The molecular weight excluding hydrogens is 296 g/mol. The fourth-order valence-electron chi connectivity index (χ4n) is 7.35. The van der Waals surface area contributed by atoms with Crippen molar-refractivity contribution < 1.29 is 10.2 Å². The smallest absolute Gasteiger partial charge is 0.0627 e. The lowest BCUT2D eigenvalue weighted by Gasteiger charge is -2.57. The third-order valence-corrected chi connectivity index (χ3v) is 8.98. The molecule has 4 rings (SSSR count). The van der Waals surface area contributed by atoms with E-state index in [1.807, 2.05) is 0 Å². The maximum absolute atomic E-state index is 11.1. The molecule has 0 heterocycles. The SMILES string of the molecule is CC(C)[C@H]1CC2C3CC=C4C[C@@H](O)CC[C@]4(C)C3CC[C@]2(C)[C@H]1O. The molecule has 3 saturated carbocycles. The molecule has 0 aromatic carbocycles. The van der Waals surface area contributed by atoms with Crippen molar-refractivity contribution >= 4 is 0 Å². The van der Waals surface area contributed by atoms with Crippen LogP contribution in [-0.4, -0.2) is 22.4 Å². The van der Waals surface area contributed by atoms with Crippen molar-refractivity contribution in [2.24, 2.45) is 40.4 Å². The van der Waals surface area contributed by atoms with Gasteiger partial charge in [0.1, 0.15) is 0 Å². The topological polar surface area (TPSA) is 40.5 Å². The van der Waals surface area contributed by atoms with Gasteiger partial charge in [-0.1, -0.05) is 39.3 Å². The van der Waals surface area contributed by atoms with Crippen molar-refractivity contribution in [1.82, 2.24) is 0 Å². The molecule has 24 heavy (non-hydrogen) atoms. The number of hydrogen-bond donors (Lipinski definition) is 2. The van der Waals surface area contributed by atoms with Crippen LogP contribution in [0.3, 0.4) is 0 Å². The van der Waals surface area contributed by atoms with E-state index >= 15 is 0 Å². The van der Waals surface area contributed by atoms with E-state index in [-0.39, 0.29) is 17.6 Å². The first kappa shape index (κ1) is 17.1. The average molecular weight is 333 g/mol. The molecule has 2 heteroatoms. The van der Waals surface area contributed by atoms with Gasteiger partial charge in [-0.05, 0) is 85.4 Å². The van der Waals surface area contributed by atoms with Crippen LogP contribution in [0.25, 0.3) is 0 Å². The summed E-state index contributed by atoms with van der Waals surface area (Å²) in [5.74, 6) is 3.24. The van der Waals surface area contributed by atoms with E-state index in [0.29, 0.717) is 23.2 Å². The Morgan fingerprint density at radius 2 is 1.83 bits per heavy atom. The fourth-order valence-corrected chi connectivity index (χ4v) is 7.35. The van der Waals surface area contributed by atoms with Crippen molar-refractivity contribution in [1.29, 1.82) is 0 Å². The molecule has 0 aromatic rings. The number of allylic oxidation sites excluding steroid dienone is 1. The summed E-state index contributed by atoms with van der Waals surface area (Å²) < 4.78 is 0. The second kappa shape index (κ2) is 5.58. The van der Waals surface area contributed by atoms with E-state index in [9.17, 15) is 10.2 Å². The number of aliphatic hydroxyl groups is 2. The van der Waals surface area contributed by atoms with Crippen LogP contribution >= 0.6 is 0 Å². The van der Waals surface area contributed by atoms with Gasteiger partial charge in [0, 0.05) is 0 Å². The Morgan fingerprint density at radius 1 is 1.08 bits per heavy atom. The van der Waals surface area contributed by atoms with Crippen molar-refractivity contribution in [3.05, 3.63) is 11.6 Å². The molecule has 4 aliphatic carbocycles. The first-order valence-electron chi connectivity index (χ1n) is 10.3. The molecule has 0 saturated heterocycles. The molecule has 0 aromatic heterocycles. The predicted octanol–water partition coefficient (Wildman–Crippen LogP) is 4.55. The highest BCUT2D eigenvalue weighted by molar-refractivity contribution is 5.25. The molecule has 0 radical (unpaired) electrons. The van der Waals surface area contributed by atoms with Crippen LogP contribution in [0.15, 0.2) is 11.6 Å². The van der Waals surface area contributed by atoms with E-state index in [0.717, 1.165) is 31.1 Å². The van der Waals surface area contributed by atoms with Gasteiger partial charge < -0.3 is 10.2 Å². The molecule has 8 atom stereocenters. The van der Waals surface area contributed by atoms with Gasteiger partial charge >= 0.3 is 0 Å². The van der Waals surface area contributed by atoms with Crippen molar-refractivity contribution in [3.63, 3.8) is 0 Å². The van der Waals surface area contributed by atoms with Crippen LogP contribution in [0.5, 0.6) is 0 Å². The lowest BCUT2D eigenvalue weighted by atomic mass is 9.48. The largest absolute Gasteiger partial charge is 0.393 e. The number of rotatable bonds is 1. The van der Waals surface area contributed by atoms with Gasteiger partial charge in [-0.2, -0.15) is 0 Å². The van der Waals surface area contributed by atoms with E-state index < -0.39 is 0 Å². The summed E-state index contributed by atoms with van der Waals surface area (Å²) in [5.41, 5.74) is 1.99. The van der Waals surface area contributed by atoms with Crippen LogP contribution < -0.4 is 0 Å². The number of aliphatic hydroxyl groups excluding tert-OH is 2. The summed E-state index contributed by atoms with van der Waals surface area (Å²) in [5, 5.41) is 21.2. The zero-order valence-electron chi connectivity index (χ0n) is 16.0. The first-order valence-corrected chi connectivity index (χ1v) is 10.3. The molecule has 4 aliphatic rings. The minimum absolute atomic E-state index is 0.116. The van der Waals surface area contributed by atoms with Crippen LogP contribution in [-0.2, 0) is 0 Å². The maximum Gasteiger partial charge on any atom is 0.0627 e. The molecule has 0 spiro atoms. The van der Waals surface area contributed by atoms with Crippen molar-refractivity contribution in [3.8, 4) is 0 Å². The van der Waals surface area contributed by atoms with Crippen molar-refractivity contribution in [2.45, 2.75) is 84.8 Å². The van der Waals surface area contributed by atoms with E-state index in [1.165, 1.54) is 25.7 Å². The number of fused-ring (bicyclic) bond motifs is 5. The molecule has 3 fully saturated rings. The normalized spacial score (nSPS) is 54.0. The standard InChI is InChI=1S/C22H36O2/c1-13(2)17-12-19-16-6-5-14-11-15(23)7-9-21(14,3)18(16)8-10-22(19,4)20(17)24/h5,13,15-20,23-24H,6-12H2,1-4H3/t15-,16?,17+,18?,19?,20-,21-,22-/m0/s1. The summed E-state index contributed by atoms with van der Waals surface area (Å²) in [6, 6.07) is 0. The minimum atomic E-state index is -0.117. The van der Waals surface area contributed by atoms with E-state index in [2.05, 4.69) is 33.8 Å². The predicted molar refractivity (Wildman–Crippen MR) is 97.4 cm³/mol. The van der Waals surface area contributed by atoms with Gasteiger partial charge in [-0.25, -0.2) is 0 Å². The Hall–Kier alpha value is -0.340. The summed E-state index contributed by atoms with van der Waals surface area (Å²) in [6.07, 6.45) is 10.1. The molecule has 2 N–H and O–H groups in total. The highest BCUT2D eigenvalue weighted by Crippen LogP contribution is 2.66. The second-order valence-electron chi connectivity index (χ2n) is 10.3. The number of hydrogen-bond acceptors (Lipinski definition) is 2. The third kappa shape index (κ3) is 2.21. The Kier molecular flexibility index (Phi) is 3.97. The zero-order valence-corrected chi connectivity index (χ0v) is 16.0. The molecule has 2 nitrogen and oxygen atoms in total. The third-order valence-electron chi connectivity index (χ3n) is 8.98. The maximum atomic E-state index is 11.1. The highest BCUT2D eigenvalue weighted by atomic mass is 16.3. The van der Waals surface area contributed by atoms with E-state index in [4.69, 9.17) is 0 Å². The average Bonchev–Trinajstić information content (AvgIpc) is 2.80. The highest BCUT2D eigenvalue weighted by Gasteiger charge is 2.61. The van der Waals surface area contributed by atoms with Crippen LogP contribution in [0.4, 0.5) is 0 Å². The van der Waals surface area contributed by atoms with Gasteiger partial charge in [0.25, 0.3) is 0 Å². The van der Waals surface area contributed by atoms with Crippen LogP contribution in [0.2, 0.25) is 0 Å². The fraction of sp³-hybridized carbons (Fsp3) is 0.909. The monoisotopic (exact) mass is 332 g/mol. The minimum Gasteiger partial charge on any atom is -0.393 e. The molecule has 0 amide bonds. The second-order valence-corrected chi connectivity index (χ2v) is 10.3. The summed E-state index contributed by atoms with van der Waals surface area (Å²) in [6.45, 7) is 9.44. The summed E-state index contributed by atoms with van der Waals surface area (Å²) >= 11 is 0. The van der Waals surface area contributed by atoms with E-state index in [1.54, 1.807) is 5.57 Å². The van der Waals surface area contributed by atoms with Crippen LogP contribution in [0, 0.1) is 40.4 Å². The van der Waals surface area contributed by atoms with Crippen molar-refractivity contribution in [2.75, 3.05) is 0 Å². The van der Waals surface area contributed by atoms with Gasteiger partial charge in [0.2, 0.25) is 0 Å². The van der Waals surface area contributed by atoms with Gasteiger partial charge in [-0.15, -0.1) is 0 Å². The Balaban J connectivity index is 1.66. The Labute approximate surface area is 147 Å². The molecule has 0 aliphatic heterocycles. The molecule has 136 valence electrons. The quantitative estimate of drug-likeness (QED) is 0.691. The summed E-state index contributed by atoms with van der Waals surface area (Å²) in [4.78, 5) is 0.